The maximum atomic E-state index is 13.1. The summed E-state index contributed by atoms with van der Waals surface area (Å²) in [6.07, 6.45) is 1.57. The van der Waals surface area contributed by atoms with Crippen LogP contribution in [0.1, 0.15) is 32.5 Å². The third kappa shape index (κ3) is 4.72. The van der Waals surface area contributed by atoms with E-state index in [0.717, 1.165) is 24.3 Å². The Labute approximate surface area is 190 Å². The number of aryl methyl sites for hydroxylation is 1. The summed E-state index contributed by atoms with van der Waals surface area (Å²) < 4.78 is 59.0. The highest BCUT2D eigenvalue weighted by Gasteiger charge is 2.33. The Hall–Kier alpha value is -1.53. The van der Waals surface area contributed by atoms with E-state index < -0.39 is 19.9 Å². The van der Waals surface area contributed by atoms with Gasteiger partial charge in [0.1, 0.15) is 5.82 Å². The van der Waals surface area contributed by atoms with Crippen LogP contribution in [0, 0.1) is 0 Å². The summed E-state index contributed by atoms with van der Waals surface area (Å²) in [7, 11) is -6.57. The van der Waals surface area contributed by atoms with Crippen LogP contribution in [0.3, 0.4) is 0 Å². The van der Waals surface area contributed by atoms with Crippen LogP contribution in [-0.4, -0.2) is 86.0 Å². The lowest BCUT2D eigenvalue weighted by Gasteiger charge is -2.27. The summed E-state index contributed by atoms with van der Waals surface area (Å²) in [5.74, 6) is 1.27. The zero-order chi connectivity index (χ0) is 22.9. The number of hydrogen-bond donors (Lipinski definition) is 0. The van der Waals surface area contributed by atoms with Gasteiger partial charge in [-0.15, -0.1) is 0 Å². The van der Waals surface area contributed by atoms with Gasteiger partial charge < -0.3 is 9.30 Å². The minimum absolute atomic E-state index is 0.00216. The number of morpholine rings is 1. The fraction of sp³-hybridized carbons (Fsp3) is 0.667. The van der Waals surface area contributed by atoms with E-state index in [-0.39, 0.29) is 22.4 Å². The quantitative estimate of drug-likeness (QED) is 0.559. The van der Waals surface area contributed by atoms with E-state index in [4.69, 9.17) is 9.72 Å². The first-order valence-electron chi connectivity index (χ1n) is 11.3. The van der Waals surface area contributed by atoms with Crippen LogP contribution in [0.15, 0.2) is 23.1 Å². The molecule has 3 heterocycles. The molecule has 1 atom stereocenters. The largest absolute Gasteiger partial charge is 0.379 e. The van der Waals surface area contributed by atoms with Crippen LogP contribution in [-0.2, 0) is 37.7 Å². The second-order valence-electron chi connectivity index (χ2n) is 8.47. The first-order valence-corrected chi connectivity index (χ1v) is 14.5. The maximum absolute atomic E-state index is 13.1. The SMILES string of the molecule is CCCN(Cc1nc2cc(S(=O)(=O)N3CCOCC3)ccc2n1CC)C1CCS(=O)(=O)C1. The lowest BCUT2D eigenvalue weighted by Crippen LogP contribution is -2.40. The van der Waals surface area contributed by atoms with Gasteiger partial charge in [-0.1, -0.05) is 6.92 Å². The van der Waals surface area contributed by atoms with Crippen molar-refractivity contribution in [1.29, 1.82) is 0 Å². The zero-order valence-corrected chi connectivity index (χ0v) is 20.4. The van der Waals surface area contributed by atoms with Crippen molar-refractivity contribution in [3.63, 3.8) is 0 Å². The van der Waals surface area contributed by atoms with Crippen molar-refractivity contribution in [2.24, 2.45) is 0 Å². The zero-order valence-electron chi connectivity index (χ0n) is 18.7. The van der Waals surface area contributed by atoms with Gasteiger partial charge in [0.15, 0.2) is 9.84 Å². The van der Waals surface area contributed by atoms with Gasteiger partial charge in [-0.05, 0) is 44.5 Å². The minimum atomic E-state index is -3.59. The third-order valence-electron chi connectivity index (χ3n) is 6.30. The van der Waals surface area contributed by atoms with Gasteiger partial charge in [0.25, 0.3) is 0 Å². The minimum Gasteiger partial charge on any atom is -0.379 e. The highest BCUT2D eigenvalue weighted by molar-refractivity contribution is 7.91. The van der Waals surface area contributed by atoms with Gasteiger partial charge in [-0.3, -0.25) is 4.90 Å². The normalized spacial score (nSPS) is 22.2. The molecule has 0 bridgehead atoms. The average Bonchev–Trinajstić information content (AvgIpc) is 3.32. The number of fused-ring (bicyclic) bond motifs is 1. The number of nitrogens with zero attached hydrogens (tertiary/aromatic N) is 4. The second kappa shape index (κ2) is 9.38. The van der Waals surface area contributed by atoms with Crippen LogP contribution in [0.25, 0.3) is 11.0 Å². The van der Waals surface area contributed by atoms with Gasteiger partial charge in [0.2, 0.25) is 10.0 Å². The maximum Gasteiger partial charge on any atom is 0.243 e. The summed E-state index contributed by atoms with van der Waals surface area (Å²) in [5, 5.41) is 0. The molecule has 0 N–H and O–H groups in total. The summed E-state index contributed by atoms with van der Waals surface area (Å²) >= 11 is 0. The van der Waals surface area contributed by atoms with Crippen molar-refractivity contribution in [1.82, 2.24) is 18.8 Å². The van der Waals surface area contributed by atoms with Crippen molar-refractivity contribution in [3.05, 3.63) is 24.0 Å². The fourth-order valence-corrected chi connectivity index (χ4v) is 7.84. The van der Waals surface area contributed by atoms with E-state index in [0.29, 0.717) is 51.3 Å². The summed E-state index contributed by atoms with van der Waals surface area (Å²) in [6.45, 7) is 7.67. The molecule has 0 spiro atoms. The molecule has 2 aromatic rings. The van der Waals surface area contributed by atoms with E-state index >= 15 is 0 Å². The predicted molar refractivity (Wildman–Crippen MR) is 123 cm³/mol. The Balaban J connectivity index is 1.65. The first-order chi connectivity index (χ1) is 15.2. The molecule has 2 saturated heterocycles. The molecule has 0 amide bonds. The molecule has 2 fully saturated rings. The molecule has 0 radical (unpaired) electrons. The molecule has 1 aromatic carbocycles. The van der Waals surface area contributed by atoms with Crippen molar-refractivity contribution < 1.29 is 21.6 Å². The van der Waals surface area contributed by atoms with Crippen LogP contribution in [0.4, 0.5) is 0 Å². The molecule has 0 saturated carbocycles. The van der Waals surface area contributed by atoms with E-state index in [9.17, 15) is 16.8 Å². The number of aromatic nitrogens is 2. The van der Waals surface area contributed by atoms with Gasteiger partial charge in [-0.25, -0.2) is 21.8 Å². The lowest BCUT2D eigenvalue weighted by molar-refractivity contribution is 0.0730. The smallest absolute Gasteiger partial charge is 0.243 e. The Kier molecular flexibility index (Phi) is 6.92. The van der Waals surface area contributed by atoms with Crippen LogP contribution < -0.4 is 0 Å². The van der Waals surface area contributed by atoms with E-state index in [1.807, 2.05) is 13.0 Å². The fourth-order valence-electron chi connectivity index (χ4n) is 4.65. The van der Waals surface area contributed by atoms with E-state index in [1.54, 1.807) is 12.1 Å². The van der Waals surface area contributed by atoms with Crippen molar-refractivity contribution in [2.75, 3.05) is 44.4 Å². The van der Waals surface area contributed by atoms with Gasteiger partial charge in [0.05, 0.1) is 47.2 Å². The average molecular weight is 485 g/mol. The molecule has 178 valence electrons. The van der Waals surface area contributed by atoms with Crippen LogP contribution >= 0.6 is 0 Å². The highest BCUT2D eigenvalue weighted by Crippen LogP contribution is 2.26. The molecular weight excluding hydrogens is 452 g/mol. The van der Waals surface area contributed by atoms with Crippen molar-refractivity contribution in [3.8, 4) is 0 Å². The Morgan fingerprint density at radius 3 is 2.59 bits per heavy atom. The molecule has 2 aliphatic rings. The lowest BCUT2D eigenvalue weighted by atomic mass is 10.2. The highest BCUT2D eigenvalue weighted by atomic mass is 32.2. The van der Waals surface area contributed by atoms with Gasteiger partial charge in [-0.2, -0.15) is 4.31 Å². The molecule has 1 unspecified atom stereocenters. The summed E-state index contributed by atoms with van der Waals surface area (Å²) in [5.41, 5.74) is 1.53. The standard InChI is InChI=1S/C21H32N4O5S2/c1-3-8-23(17-7-13-31(26,27)16-17)15-21-22-19-14-18(5-6-20(19)25(21)4-2)32(28,29)24-9-11-30-12-10-24/h5-6,14,17H,3-4,7-13,15-16H2,1-2H3. The number of hydrogen-bond acceptors (Lipinski definition) is 7. The number of sulfonamides is 1. The number of benzene rings is 1. The van der Waals surface area contributed by atoms with Crippen molar-refractivity contribution >= 4 is 30.9 Å². The molecule has 1 aromatic heterocycles. The van der Waals surface area contributed by atoms with Crippen LogP contribution in [0.2, 0.25) is 0 Å². The molecule has 2 aliphatic heterocycles. The molecule has 4 rings (SSSR count). The van der Waals surface area contributed by atoms with E-state index in [1.165, 1.54) is 4.31 Å². The number of ether oxygens (including phenoxy) is 1. The van der Waals surface area contributed by atoms with Crippen molar-refractivity contribution in [2.45, 2.75) is 50.7 Å². The molecule has 9 nitrogen and oxygen atoms in total. The summed E-state index contributed by atoms with van der Waals surface area (Å²) in [4.78, 5) is 7.25. The first kappa shape index (κ1) is 23.6. The topological polar surface area (TPSA) is 102 Å². The number of sulfone groups is 1. The third-order valence-corrected chi connectivity index (χ3v) is 9.95. The second-order valence-corrected chi connectivity index (χ2v) is 12.6. The predicted octanol–water partition coefficient (Wildman–Crippen LogP) is 1.48. The number of imidazole rings is 1. The summed E-state index contributed by atoms with van der Waals surface area (Å²) in [6, 6.07) is 5.13. The van der Waals surface area contributed by atoms with E-state index in [2.05, 4.69) is 16.4 Å². The van der Waals surface area contributed by atoms with Gasteiger partial charge >= 0.3 is 0 Å². The van der Waals surface area contributed by atoms with Crippen LogP contribution in [0.5, 0.6) is 0 Å². The molecule has 11 heteroatoms. The Morgan fingerprint density at radius 1 is 1.22 bits per heavy atom. The molecule has 0 aliphatic carbocycles. The monoisotopic (exact) mass is 484 g/mol. The Bertz CT molecular complexity index is 1170. The van der Waals surface area contributed by atoms with Gasteiger partial charge in [0, 0.05) is 25.7 Å². The molecule has 32 heavy (non-hydrogen) atoms. The molecular formula is C21H32N4O5S2. The Morgan fingerprint density at radius 2 is 1.97 bits per heavy atom. The number of rotatable bonds is 8.